The number of aromatic nitrogens is 1. The van der Waals surface area contributed by atoms with Crippen molar-refractivity contribution in [2.24, 2.45) is 0 Å². The molecule has 2 N–H and O–H groups in total. The van der Waals surface area contributed by atoms with E-state index in [0.29, 0.717) is 34.1 Å². The fraction of sp³-hybridized carbons (Fsp3) is 0.100. The number of anilines is 3. The van der Waals surface area contributed by atoms with E-state index in [1.54, 1.807) is 49.7 Å². The summed E-state index contributed by atoms with van der Waals surface area (Å²) in [6.45, 7) is 0. The standard InChI is InChI=1S/C20H18FN3O3/c1-26-18-7-6-16(10-19(18)27-2)24-20(25)13-8-17(12-22-11-13)23-15-5-3-4-14(21)9-15/h3-12,23H,1-2H3,(H,24,25). The zero-order valence-corrected chi connectivity index (χ0v) is 14.8. The number of methoxy groups -OCH3 is 2. The molecular weight excluding hydrogens is 349 g/mol. The predicted octanol–water partition coefficient (Wildman–Crippen LogP) is 4.23. The molecule has 27 heavy (non-hydrogen) atoms. The van der Waals surface area contributed by atoms with Gasteiger partial charge in [0, 0.05) is 23.6 Å². The zero-order valence-electron chi connectivity index (χ0n) is 14.8. The maximum atomic E-state index is 13.3. The van der Waals surface area contributed by atoms with Gasteiger partial charge in [-0.2, -0.15) is 0 Å². The Bertz CT molecular complexity index is 963. The molecule has 0 radical (unpaired) electrons. The van der Waals surface area contributed by atoms with Crippen LogP contribution >= 0.6 is 0 Å². The van der Waals surface area contributed by atoms with Crippen LogP contribution < -0.4 is 20.1 Å². The number of rotatable bonds is 6. The van der Waals surface area contributed by atoms with E-state index in [9.17, 15) is 9.18 Å². The molecule has 0 fully saturated rings. The molecule has 0 unspecified atom stereocenters. The van der Waals surface area contributed by atoms with Gasteiger partial charge >= 0.3 is 0 Å². The van der Waals surface area contributed by atoms with Gasteiger partial charge in [-0.3, -0.25) is 9.78 Å². The summed E-state index contributed by atoms with van der Waals surface area (Å²) in [6.07, 6.45) is 3.00. The number of pyridine rings is 1. The van der Waals surface area contributed by atoms with Crippen LogP contribution in [-0.2, 0) is 0 Å². The molecule has 0 aliphatic rings. The van der Waals surface area contributed by atoms with Crippen LogP contribution in [0.25, 0.3) is 0 Å². The van der Waals surface area contributed by atoms with Crippen LogP contribution in [0.1, 0.15) is 10.4 Å². The monoisotopic (exact) mass is 367 g/mol. The SMILES string of the molecule is COc1ccc(NC(=O)c2cncc(Nc3cccc(F)c3)c2)cc1OC. The minimum absolute atomic E-state index is 0.336. The molecule has 0 bridgehead atoms. The molecule has 6 nitrogen and oxygen atoms in total. The predicted molar refractivity (Wildman–Crippen MR) is 101 cm³/mol. The van der Waals surface area contributed by atoms with Gasteiger partial charge in [-0.05, 0) is 36.4 Å². The number of nitrogens with zero attached hydrogens (tertiary/aromatic N) is 1. The average Bonchev–Trinajstić information content (AvgIpc) is 2.68. The molecule has 2 aromatic carbocycles. The van der Waals surface area contributed by atoms with Gasteiger partial charge in [0.2, 0.25) is 0 Å². The lowest BCUT2D eigenvalue weighted by Crippen LogP contribution is -2.12. The van der Waals surface area contributed by atoms with Crippen LogP contribution in [0.3, 0.4) is 0 Å². The number of amides is 1. The summed E-state index contributed by atoms with van der Waals surface area (Å²) >= 11 is 0. The molecule has 0 saturated heterocycles. The fourth-order valence-corrected chi connectivity index (χ4v) is 2.48. The zero-order chi connectivity index (χ0) is 19.2. The summed E-state index contributed by atoms with van der Waals surface area (Å²) in [7, 11) is 3.06. The fourth-order valence-electron chi connectivity index (χ4n) is 2.48. The lowest BCUT2D eigenvalue weighted by molar-refractivity contribution is 0.102. The first kappa shape index (κ1) is 18.2. The van der Waals surface area contributed by atoms with E-state index in [1.807, 2.05) is 0 Å². The lowest BCUT2D eigenvalue weighted by Gasteiger charge is -2.11. The van der Waals surface area contributed by atoms with Crippen molar-refractivity contribution < 1.29 is 18.7 Å². The summed E-state index contributed by atoms with van der Waals surface area (Å²) < 4.78 is 23.7. The number of hydrogen-bond donors (Lipinski definition) is 2. The second-order valence-electron chi connectivity index (χ2n) is 5.62. The van der Waals surface area contributed by atoms with Crippen molar-refractivity contribution in [3.8, 4) is 11.5 Å². The highest BCUT2D eigenvalue weighted by Gasteiger charge is 2.10. The van der Waals surface area contributed by atoms with E-state index < -0.39 is 0 Å². The third-order valence-electron chi connectivity index (χ3n) is 3.76. The first-order valence-electron chi connectivity index (χ1n) is 8.10. The van der Waals surface area contributed by atoms with Crippen molar-refractivity contribution in [2.45, 2.75) is 0 Å². The normalized spacial score (nSPS) is 10.2. The number of hydrogen-bond acceptors (Lipinski definition) is 5. The number of ether oxygens (including phenoxy) is 2. The summed E-state index contributed by atoms with van der Waals surface area (Å²) in [5, 5.41) is 5.80. The Labute approximate surface area is 156 Å². The highest BCUT2D eigenvalue weighted by atomic mass is 19.1. The Hall–Kier alpha value is -3.61. The van der Waals surface area contributed by atoms with E-state index in [2.05, 4.69) is 15.6 Å². The minimum atomic E-state index is -0.352. The number of carbonyl (C=O) groups excluding carboxylic acids is 1. The Balaban J connectivity index is 1.75. The third kappa shape index (κ3) is 4.52. The van der Waals surface area contributed by atoms with Gasteiger partial charge in [0.25, 0.3) is 5.91 Å². The van der Waals surface area contributed by atoms with E-state index in [-0.39, 0.29) is 11.7 Å². The highest BCUT2D eigenvalue weighted by Crippen LogP contribution is 2.30. The first-order chi connectivity index (χ1) is 13.1. The average molecular weight is 367 g/mol. The van der Waals surface area contributed by atoms with Crippen molar-refractivity contribution in [3.63, 3.8) is 0 Å². The van der Waals surface area contributed by atoms with Gasteiger partial charge in [-0.1, -0.05) is 6.07 Å². The summed E-state index contributed by atoms with van der Waals surface area (Å²) in [5.41, 5.74) is 2.04. The number of carbonyl (C=O) groups is 1. The third-order valence-corrected chi connectivity index (χ3v) is 3.76. The topological polar surface area (TPSA) is 72.5 Å². The van der Waals surface area contributed by atoms with Crippen molar-refractivity contribution in [1.29, 1.82) is 0 Å². The van der Waals surface area contributed by atoms with E-state index >= 15 is 0 Å². The minimum Gasteiger partial charge on any atom is -0.493 e. The van der Waals surface area contributed by atoms with Gasteiger partial charge in [-0.15, -0.1) is 0 Å². The molecule has 0 aliphatic heterocycles. The van der Waals surface area contributed by atoms with Crippen molar-refractivity contribution >= 4 is 23.0 Å². The molecule has 0 saturated carbocycles. The van der Waals surface area contributed by atoms with Crippen LogP contribution in [0.2, 0.25) is 0 Å². The molecule has 0 atom stereocenters. The summed E-state index contributed by atoms with van der Waals surface area (Å²) in [6, 6.07) is 12.7. The Morgan fingerprint density at radius 1 is 0.926 bits per heavy atom. The molecule has 0 spiro atoms. The number of benzene rings is 2. The lowest BCUT2D eigenvalue weighted by atomic mass is 10.2. The molecule has 1 aromatic heterocycles. The van der Waals surface area contributed by atoms with Crippen molar-refractivity contribution in [1.82, 2.24) is 4.98 Å². The van der Waals surface area contributed by atoms with Gasteiger partial charge in [0.1, 0.15) is 5.82 Å². The summed E-state index contributed by atoms with van der Waals surface area (Å²) in [5.74, 6) is 0.390. The van der Waals surface area contributed by atoms with Gasteiger partial charge in [0.15, 0.2) is 11.5 Å². The largest absolute Gasteiger partial charge is 0.493 e. The van der Waals surface area contributed by atoms with Crippen LogP contribution in [0, 0.1) is 5.82 Å². The molecule has 1 heterocycles. The first-order valence-corrected chi connectivity index (χ1v) is 8.10. The smallest absolute Gasteiger partial charge is 0.257 e. The van der Waals surface area contributed by atoms with E-state index in [4.69, 9.17) is 9.47 Å². The molecule has 1 amide bonds. The Kier molecular flexibility index (Phi) is 5.51. The maximum Gasteiger partial charge on any atom is 0.257 e. The second kappa shape index (κ2) is 8.18. The molecule has 0 aliphatic carbocycles. The molecule has 3 aromatic rings. The summed E-state index contributed by atoms with van der Waals surface area (Å²) in [4.78, 5) is 16.6. The van der Waals surface area contributed by atoms with Crippen molar-refractivity contribution in [2.75, 3.05) is 24.9 Å². The quantitative estimate of drug-likeness (QED) is 0.682. The number of halogens is 1. The Morgan fingerprint density at radius 2 is 1.74 bits per heavy atom. The molecule has 7 heteroatoms. The second-order valence-corrected chi connectivity index (χ2v) is 5.62. The molecule has 138 valence electrons. The number of nitrogens with one attached hydrogen (secondary N) is 2. The van der Waals surface area contributed by atoms with Crippen LogP contribution in [-0.4, -0.2) is 25.1 Å². The van der Waals surface area contributed by atoms with Gasteiger partial charge in [-0.25, -0.2) is 4.39 Å². The molecule has 3 rings (SSSR count). The van der Waals surface area contributed by atoms with Gasteiger partial charge < -0.3 is 20.1 Å². The van der Waals surface area contributed by atoms with Crippen molar-refractivity contribution in [3.05, 3.63) is 72.3 Å². The highest BCUT2D eigenvalue weighted by molar-refractivity contribution is 6.04. The van der Waals surface area contributed by atoms with Crippen LogP contribution in [0.4, 0.5) is 21.5 Å². The Morgan fingerprint density at radius 3 is 2.48 bits per heavy atom. The molecular formula is C20H18FN3O3. The van der Waals surface area contributed by atoms with E-state index in [1.165, 1.54) is 25.4 Å². The van der Waals surface area contributed by atoms with E-state index in [0.717, 1.165) is 0 Å². The maximum absolute atomic E-state index is 13.3. The van der Waals surface area contributed by atoms with Crippen LogP contribution in [0.15, 0.2) is 60.9 Å². The van der Waals surface area contributed by atoms with Crippen LogP contribution in [0.5, 0.6) is 11.5 Å². The van der Waals surface area contributed by atoms with Gasteiger partial charge in [0.05, 0.1) is 31.7 Å².